The third-order valence-corrected chi connectivity index (χ3v) is 2.06. The fourth-order valence-electron chi connectivity index (χ4n) is 0.558. The normalized spacial score (nSPS) is 11.9. The van der Waals surface area contributed by atoms with Gasteiger partial charge in [0.25, 0.3) is 0 Å². The number of rotatable bonds is 4. The molecule has 0 aliphatic heterocycles. The van der Waals surface area contributed by atoms with E-state index in [1.54, 1.807) is 27.7 Å². The molecule has 0 aliphatic carbocycles. The standard InChI is InChI=1S/C6H15O4P.ClH/c1-5(2)9-11(7,8)10-6(3)4;/h5-6H,1-4H3,(H,7,8);1H. The fourth-order valence-corrected chi connectivity index (χ4v) is 1.67. The van der Waals surface area contributed by atoms with Crippen LogP contribution in [0.1, 0.15) is 27.7 Å². The molecule has 0 spiro atoms. The van der Waals surface area contributed by atoms with Crippen molar-refractivity contribution in [1.29, 1.82) is 0 Å². The Hall–Kier alpha value is 0.400. The number of hydrogen-bond donors (Lipinski definition) is 1. The molecule has 12 heavy (non-hydrogen) atoms. The minimum Gasteiger partial charge on any atom is -0.302 e. The minimum atomic E-state index is -3.80. The molecule has 0 amide bonds. The van der Waals surface area contributed by atoms with Gasteiger partial charge in [-0.1, -0.05) is 0 Å². The molecule has 76 valence electrons. The van der Waals surface area contributed by atoms with E-state index in [4.69, 9.17) is 4.89 Å². The van der Waals surface area contributed by atoms with Gasteiger partial charge in [0.05, 0.1) is 12.2 Å². The molecule has 0 radical (unpaired) electrons. The van der Waals surface area contributed by atoms with Crippen LogP contribution in [-0.2, 0) is 13.6 Å². The van der Waals surface area contributed by atoms with Crippen LogP contribution < -0.4 is 0 Å². The second kappa shape index (κ2) is 5.95. The Bertz CT molecular complexity index is 146. The molecule has 0 saturated heterocycles. The fraction of sp³-hybridized carbons (Fsp3) is 1.00. The summed E-state index contributed by atoms with van der Waals surface area (Å²) in [6, 6.07) is 0. The third-order valence-electron chi connectivity index (χ3n) is 0.688. The summed E-state index contributed by atoms with van der Waals surface area (Å²) in [5, 5.41) is 0. The van der Waals surface area contributed by atoms with Gasteiger partial charge in [0.15, 0.2) is 0 Å². The van der Waals surface area contributed by atoms with E-state index in [1.807, 2.05) is 0 Å². The van der Waals surface area contributed by atoms with Crippen LogP contribution in [0, 0.1) is 0 Å². The molecule has 0 bridgehead atoms. The Morgan fingerprint density at radius 3 is 1.50 bits per heavy atom. The van der Waals surface area contributed by atoms with E-state index in [9.17, 15) is 4.57 Å². The molecule has 6 heteroatoms. The van der Waals surface area contributed by atoms with Gasteiger partial charge >= 0.3 is 7.82 Å². The van der Waals surface area contributed by atoms with E-state index >= 15 is 0 Å². The van der Waals surface area contributed by atoms with Crippen molar-refractivity contribution in [2.24, 2.45) is 0 Å². The van der Waals surface area contributed by atoms with Crippen molar-refractivity contribution in [2.75, 3.05) is 0 Å². The zero-order valence-electron chi connectivity index (χ0n) is 7.68. The first-order chi connectivity index (χ1) is 4.83. The Labute approximate surface area is 79.3 Å². The molecule has 0 heterocycles. The largest absolute Gasteiger partial charge is 0.472 e. The molecule has 0 unspecified atom stereocenters. The topological polar surface area (TPSA) is 55.8 Å². The number of halogens is 1. The predicted octanol–water partition coefficient (Wildman–Crippen LogP) is 2.36. The number of phosphoric acid groups is 1. The molecular formula is C6H16ClO4P. The number of hydrogen-bond acceptors (Lipinski definition) is 3. The molecule has 0 aromatic rings. The van der Waals surface area contributed by atoms with Crippen LogP contribution in [0.4, 0.5) is 0 Å². The average Bonchev–Trinajstić information content (AvgIpc) is 1.53. The molecule has 0 aromatic carbocycles. The zero-order chi connectivity index (χ0) is 9.07. The van der Waals surface area contributed by atoms with Crippen molar-refractivity contribution in [2.45, 2.75) is 39.9 Å². The van der Waals surface area contributed by atoms with Crippen LogP contribution in [0.25, 0.3) is 0 Å². The monoisotopic (exact) mass is 218 g/mol. The van der Waals surface area contributed by atoms with Gasteiger partial charge in [-0.15, -0.1) is 12.4 Å². The average molecular weight is 219 g/mol. The maximum atomic E-state index is 10.9. The first-order valence-electron chi connectivity index (χ1n) is 3.53. The first-order valence-corrected chi connectivity index (χ1v) is 5.02. The summed E-state index contributed by atoms with van der Waals surface area (Å²) in [5.41, 5.74) is 0. The van der Waals surface area contributed by atoms with E-state index < -0.39 is 7.82 Å². The van der Waals surface area contributed by atoms with Gasteiger partial charge in [-0.3, -0.25) is 9.05 Å². The van der Waals surface area contributed by atoms with Crippen LogP contribution in [0.15, 0.2) is 0 Å². The van der Waals surface area contributed by atoms with Crippen molar-refractivity contribution < 1.29 is 18.5 Å². The van der Waals surface area contributed by atoms with Crippen LogP contribution >= 0.6 is 20.2 Å². The summed E-state index contributed by atoms with van der Waals surface area (Å²) < 4.78 is 20.2. The summed E-state index contributed by atoms with van der Waals surface area (Å²) in [6.45, 7) is 6.69. The highest BCUT2D eigenvalue weighted by atomic mass is 35.5. The van der Waals surface area contributed by atoms with Crippen LogP contribution in [0.3, 0.4) is 0 Å². The summed E-state index contributed by atoms with van der Waals surface area (Å²) in [7, 11) is -3.80. The van der Waals surface area contributed by atoms with E-state index in [-0.39, 0.29) is 24.6 Å². The molecule has 0 aromatic heterocycles. The summed E-state index contributed by atoms with van der Waals surface area (Å²) in [4.78, 5) is 8.97. The van der Waals surface area contributed by atoms with Crippen LogP contribution in [0.2, 0.25) is 0 Å². The van der Waals surface area contributed by atoms with Crippen LogP contribution in [0.5, 0.6) is 0 Å². The maximum Gasteiger partial charge on any atom is 0.472 e. The molecule has 0 aliphatic rings. The van der Waals surface area contributed by atoms with Gasteiger partial charge in [0.1, 0.15) is 0 Å². The molecule has 4 nitrogen and oxygen atoms in total. The Morgan fingerprint density at radius 1 is 1.08 bits per heavy atom. The van der Waals surface area contributed by atoms with Crippen molar-refractivity contribution in [3.05, 3.63) is 0 Å². The SMILES string of the molecule is CC(C)OP(=O)(O)OC(C)C.Cl. The molecule has 1 N–H and O–H groups in total. The second-order valence-electron chi connectivity index (χ2n) is 2.78. The highest BCUT2D eigenvalue weighted by Crippen LogP contribution is 2.45. The van der Waals surface area contributed by atoms with Gasteiger partial charge in [-0.05, 0) is 27.7 Å². The number of phosphoric ester groups is 1. The van der Waals surface area contributed by atoms with Crippen LogP contribution in [-0.4, -0.2) is 17.1 Å². The lowest BCUT2D eigenvalue weighted by molar-refractivity contribution is 0.0985. The molecule has 0 atom stereocenters. The van der Waals surface area contributed by atoms with Gasteiger partial charge in [-0.2, -0.15) is 0 Å². The highest BCUT2D eigenvalue weighted by Gasteiger charge is 2.23. The second-order valence-corrected chi connectivity index (χ2v) is 4.14. The van der Waals surface area contributed by atoms with Crippen molar-refractivity contribution in [3.8, 4) is 0 Å². The lowest BCUT2D eigenvalue weighted by Gasteiger charge is -2.16. The maximum absolute atomic E-state index is 10.9. The van der Waals surface area contributed by atoms with E-state index in [0.717, 1.165) is 0 Å². The summed E-state index contributed by atoms with van der Waals surface area (Å²) in [6.07, 6.45) is -0.603. The summed E-state index contributed by atoms with van der Waals surface area (Å²) >= 11 is 0. The van der Waals surface area contributed by atoms with Crippen molar-refractivity contribution in [3.63, 3.8) is 0 Å². The Morgan fingerprint density at radius 2 is 1.33 bits per heavy atom. The van der Waals surface area contributed by atoms with Gasteiger partial charge in [-0.25, -0.2) is 4.57 Å². The zero-order valence-corrected chi connectivity index (χ0v) is 9.39. The van der Waals surface area contributed by atoms with Crippen molar-refractivity contribution in [1.82, 2.24) is 0 Å². The Balaban J connectivity index is 0. The molecule has 0 saturated carbocycles. The van der Waals surface area contributed by atoms with Gasteiger partial charge < -0.3 is 4.89 Å². The smallest absolute Gasteiger partial charge is 0.302 e. The third kappa shape index (κ3) is 8.50. The van der Waals surface area contributed by atoms with E-state index in [0.29, 0.717) is 0 Å². The lowest BCUT2D eigenvalue weighted by Crippen LogP contribution is -2.06. The molecule has 0 fully saturated rings. The quantitative estimate of drug-likeness (QED) is 0.736. The predicted molar refractivity (Wildman–Crippen MR) is 49.5 cm³/mol. The first kappa shape index (κ1) is 14.9. The van der Waals surface area contributed by atoms with E-state index in [1.165, 1.54) is 0 Å². The van der Waals surface area contributed by atoms with Gasteiger partial charge in [0, 0.05) is 0 Å². The van der Waals surface area contributed by atoms with E-state index in [2.05, 4.69) is 9.05 Å². The highest BCUT2D eigenvalue weighted by molar-refractivity contribution is 7.47. The molecule has 0 rings (SSSR count). The van der Waals surface area contributed by atoms with Gasteiger partial charge in [0.2, 0.25) is 0 Å². The minimum absolute atomic E-state index is 0. The summed E-state index contributed by atoms with van der Waals surface area (Å²) in [5.74, 6) is 0. The molecular weight excluding hydrogens is 202 g/mol. The lowest BCUT2D eigenvalue weighted by atomic mass is 10.5. The Kier molecular flexibility index (Phi) is 7.38. The van der Waals surface area contributed by atoms with Crippen molar-refractivity contribution >= 4 is 20.2 Å².